The molecule has 0 saturated heterocycles. The number of hydrogen-bond acceptors (Lipinski definition) is 2. The number of phenolic OH excluding ortho intramolecular Hbond substituents is 2. The van der Waals surface area contributed by atoms with Crippen molar-refractivity contribution in [3.05, 3.63) is 59.7 Å². The van der Waals surface area contributed by atoms with E-state index in [9.17, 15) is 10.2 Å². The molecular formula is C20H26O2. The van der Waals surface area contributed by atoms with Gasteiger partial charge in [-0.25, -0.2) is 0 Å². The Morgan fingerprint density at radius 3 is 1.14 bits per heavy atom. The van der Waals surface area contributed by atoms with Gasteiger partial charge in [0.15, 0.2) is 0 Å². The summed E-state index contributed by atoms with van der Waals surface area (Å²) in [5.41, 5.74) is 2.33. The first kappa shape index (κ1) is 16.4. The highest BCUT2D eigenvalue weighted by atomic mass is 16.3. The van der Waals surface area contributed by atoms with Crippen LogP contribution in [0.15, 0.2) is 48.5 Å². The Hall–Kier alpha value is -1.96. The van der Waals surface area contributed by atoms with Gasteiger partial charge in [-0.3, -0.25) is 0 Å². The van der Waals surface area contributed by atoms with E-state index in [0.717, 1.165) is 12.8 Å². The quantitative estimate of drug-likeness (QED) is 0.803. The van der Waals surface area contributed by atoms with Crippen molar-refractivity contribution in [2.24, 2.45) is 0 Å². The summed E-state index contributed by atoms with van der Waals surface area (Å²) >= 11 is 0. The highest BCUT2D eigenvalue weighted by Crippen LogP contribution is 2.49. The molecule has 0 unspecified atom stereocenters. The molecule has 0 saturated carbocycles. The Morgan fingerprint density at radius 2 is 0.909 bits per heavy atom. The normalized spacial score (nSPS) is 16.7. The minimum atomic E-state index is -0.0631. The predicted molar refractivity (Wildman–Crippen MR) is 91.5 cm³/mol. The van der Waals surface area contributed by atoms with E-state index >= 15 is 0 Å². The molecule has 0 aliphatic rings. The first-order valence-electron chi connectivity index (χ1n) is 7.96. The second-order valence-corrected chi connectivity index (χ2v) is 6.47. The molecule has 2 aromatic rings. The monoisotopic (exact) mass is 298 g/mol. The van der Waals surface area contributed by atoms with Crippen LogP contribution in [0.4, 0.5) is 0 Å². The SMILES string of the molecule is CC[C@@](C)(c1ccc(O)cc1)[C@@](C)(CC)c1ccc(O)cc1. The van der Waals surface area contributed by atoms with E-state index in [2.05, 4.69) is 27.7 Å². The molecule has 2 nitrogen and oxygen atoms in total. The van der Waals surface area contributed by atoms with Crippen molar-refractivity contribution < 1.29 is 10.2 Å². The Kier molecular flexibility index (Phi) is 4.50. The summed E-state index contributed by atoms with van der Waals surface area (Å²) < 4.78 is 0. The van der Waals surface area contributed by atoms with Crippen LogP contribution in [0.3, 0.4) is 0 Å². The van der Waals surface area contributed by atoms with Gasteiger partial charge in [-0.15, -0.1) is 0 Å². The average molecular weight is 298 g/mol. The highest BCUT2D eigenvalue weighted by molar-refractivity contribution is 5.41. The smallest absolute Gasteiger partial charge is 0.115 e. The second-order valence-electron chi connectivity index (χ2n) is 6.47. The molecule has 2 rings (SSSR count). The van der Waals surface area contributed by atoms with Gasteiger partial charge in [-0.1, -0.05) is 52.0 Å². The van der Waals surface area contributed by atoms with E-state index in [4.69, 9.17) is 0 Å². The lowest BCUT2D eigenvalue weighted by Crippen LogP contribution is -2.44. The number of rotatable bonds is 5. The minimum absolute atomic E-state index is 0.0631. The molecule has 2 atom stereocenters. The van der Waals surface area contributed by atoms with Crippen molar-refractivity contribution in [2.45, 2.75) is 51.4 Å². The van der Waals surface area contributed by atoms with Gasteiger partial charge < -0.3 is 10.2 Å². The van der Waals surface area contributed by atoms with Crippen LogP contribution < -0.4 is 0 Å². The lowest BCUT2D eigenvalue weighted by atomic mass is 9.56. The van der Waals surface area contributed by atoms with E-state index in [1.54, 1.807) is 24.3 Å². The molecule has 0 aliphatic carbocycles. The van der Waals surface area contributed by atoms with Crippen LogP contribution >= 0.6 is 0 Å². The molecular weight excluding hydrogens is 272 g/mol. The van der Waals surface area contributed by atoms with Gasteiger partial charge in [0, 0.05) is 10.8 Å². The van der Waals surface area contributed by atoms with Crippen molar-refractivity contribution in [1.82, 2.24) is 0 Å². The van der Waals surface area contributed by atoms with Crippen LogP contribution in [0.1, 0.15) is 51.7 Å². The van der Waals surface area contributed by atoms with Crippen molar-refractivity contribution in [3.63, 3.8) is 0 Å². The van der Waals surface area contributed by atoms with Gasteiger partial charge >= 0.3 is 0 Å². The molecule has 0 bridgehead atoms. The molecule has 0 heterocycles. The van der Waals surface area contributed by atoms with Gasteiger partial charge in [0.25, 0.3) is 0 Å². The summed E-state index contributed by atoms with van der Waals surface area (Å²) in [4.78, 5) is 0. The summed E-state index contributed by atoms with van der Waals surface area (Å²) in [5.74, 6) is 0.593. The average Bonchev–Trinajstić information content (AvgIpc) is 2.54. The van der Waals surface area contributed by atoms with Gasteiger partial charge in [-0.2, -0.15) is 0 Å². The van der Waals surface area contributed by atoms with E-state index in [1.807, 2.05) is 24.3 Å². The molecule has 0 amide bonds. The molecule has 2 heteroatoms. The van der Waals surface area contributed by atoms with Crippen LogP contribution in [-0.4, -0.2) is 10.2 Å². The second kappa shape index (κ2) is 6.04. The number of hydrogen-bond donors (Lipinski definition) is 2. The third-order valence-corrected chi connectivity index (χ3v) is 5.64. The zero-order chi connectivity index (χ0) is 16.4. The Balaban J connectivity index is 2.57. The van der Waals surface area contributed by atoms with Crippen molar-refractivity contribution in [1.29, 1.82) is 0 Å². The lowest BCUT2D eigenvalue weighted by Gasteiger charge is -2.47. The van der Waals surface area contributed by atoms with Crippen LogP contribution in [0, 0.1) is 0 Å². The van der Waals surface area contributed by atoms with Crippen LogP contribution in [0.5, 0.6) is 11.5 Å². The van der Waals surface area contributed by atoms with Crippen LogP contribution in [0.2, 0.25) is 0 Å². The molecule has 0 aliphatic heterocycles. The Morgan fingerprint density at radius 1 is 0.636 bits per heavy atom. The van der Waals surface area contributed by atoms with E-state index in [0.29, 0.717) is 11.5 Å². The summed E-state index contributed by atoms with van der Waals surface area (Å²) in [6.45, 7) is 8.99. The standard InChI is InChI=1S/C20H26O2/c1-5-19(3,15-7-11-17(21)12-8-15)20(4,6-2)16-9-13-18(22)14-10-16/h7-14,21-22H,5-6H2,1-4H3/t19-,20-/m0/s1. The fourth-order valence-electron chi connectivity index (χ4n) is 3.48. The summed E-state index contributed by atoms with van der Waals surface area (Å²) in [7, 11) is 0. The molecule has 22 heavy (non-hydrogen) atoms. The van der Waals surface area contributed by atoms with Crippen LogP contribution in [-0.2, 0) is 10.8 Å². The fourth-order valence-corrected chi connectivity index (χ4v) is 3.48. The number of phenols is 2. The fraction of sp³-hybridized carbons (Fsp3) is 0.400. The maximum atomic E-state index is 9.57. The van der Waals surface area contributed by atoms with Gasteiger partial charge in [0.05, 0.1) is 0 Å². The van der Waals surface area contributed by atoms with E-state index in [-0.39, 0.29) is 10.8 Å². The molecule has 0 aromatic heterocycles. The maximum absolute atomic E-state index is 9.57. The van der Waals surface area contributed by atoms with Gasteiger partial charge in [0.1, 0.15) is 11.5 Å². The molecule has 0 spiro atoms. The Labute approximate surface area is 133 Å². The number of aromatic hydroxyl groups is 2. The highest BCUT2D eigenvalue weighted by Gasteiger charge is 2.44. The van der Waals surface area contributed by atoms with Crippen LogP contribution in [0.25, 0.3) is 0 Å². The Bertz CT molecular complexity index is 558. The first-order chi connectivity index (χ1) is 10.4. The van der Waals surface area contributed by atoms with Gasteiger partial charge in [-0.05, 0) is 48.2 Å². The molecule has 0 radical (unpaired) electrons. The predicted octanol–water partition coefficient (Wildman–Crippen LogP) is 5.13. The summed E-state index contributed by atoms with van der Waals surface area (Å²) in [5, 5.41) is 19.1. The third-order valence-electron chi connectivity index (χ3n) is 5.64. The lowest BCUT2D eigenvalue weighted by molar-refractivity contribution is 0.234. The van der Waals surface area contributed by atoms with E-state index < -0.39 is 0 Å². The molecule has 0 fully saturated rings. The molecule has 118 valence electrons. The minimum Gasteiger partial charge on any atom is -0.508 e. The maximum Gasteiger partial charge on any atom is 0.115 e. The molecule has 2 N–H and O–H groups in total. The molecule has 2 aromatic carbocycles. The van der Waals surface area contributed by atoms with Crippen molar-refractivity contribution in [3.8, 4) is 11.5 Å². The van der Waals surface area contributed by atoms with Gasteiger partial charge in [0.2, 0.25) is 0 Å². The van der Waals surface area contributed by atoms with Crippen molar-refractivity contribution >= 4 is 0 Å². The topological polar surface area (TPSA) is 40.5 Å². The summed E-state index contributed by atoms with van der Waals surface area (Å²) in [6.07, 6.45) is 1.98. The largest absolute Gasteiger partial charge is 0.508 e. The zero-order valence-corrected chi connectivity index (χ0v) is 13.9. The van der Waals surface area contributed by atoms with E-state index in [1.165, 1.54) is 11.1 Å². The summed E-state index contributed by atoms with van der Waals surface area (Å²) in [6, 6.07) is 15.1. The van der Waals surface area contributed by atoms with Crippen molar-refractivity contribution in [2.75, 3.05) is 0 Å². The first-order valence-corrected chi connectivity index (χ1v) is 7.96. The zero-order valence-electron chi connectivity index (χ0n) is 13.9. The third kappa shape index (κ3) is 2.58. The number of benzene rings is 2.